The highest BCUT2D eigenvalue weighted by molar-refractivity contribution is 5.83. The Morgan fingerprint density at radius 1 is 1.29 bits per heavy atom. The monoisotopic (exact) mass is 328 g/mol. The van der Waals surface area contributed by atoms with E-state index < -0.39 is 5.41 Å². The molecule has 0 fully saturated rings. The molecule has 1 heterocycles. The van der Waals surface area contributed by atoms with Crippen LogP contribution in [-0.2, 0) is 4.79 Å². The van der Waals surface area contributed by atoms with Crippen LogP contribution in [0.3, 0.4) is 0 Å². The fraction of sp³-hybridized carbons (Fsp3) is 0.474. The average Bonchev–Trinajstić information content (AvgIpc) is 3.03. The quantitative estimate of drug-likeness (QED) is 0.820. The summed E-state index contributed by atoms with van der Waals surface area (Å²) in [6, 6.07) is 8.12. The number of nitrogens with two attached hydrogens (primary N) is 1. The molecule has 130 valence electrons. The van der Waals surface area contributed by atoms with Gasteiger partial charge in [-0.2, -0.15) is 0 Å². The SMILES string of the molecule is CCC(CC)(CN)C(=O)NC(C)c1ccc(-n2ccnc2C)cc1. The number of imidazole rings is 1. The van der Waals surface area contributed by atoms with Crippen LogP contribution in [-0.4, -0.2) is 22.0 Å². The summed E-state index contributed by atoms with van der Waals surface area (Å²) >= 11 is 0. The predicted molar refractivity (Wildman–Crippen MR) is 96.9 cm³/mol. The Morgan fingerprint density at radius 2 is 1.92 bits per heavy atom. The van der Waals surface area contributed by atoms with Crippen LogP contribution in [0.2, 0.25) is 0 Å². The molecule has 0 aliphatic heterocycles. The van der Waals surface area contributed by atoms with E-state index in [1.807, 2.05) is 62.7 Å². The number of rotatable bonds is 7. The van der Waals surface area contributed by atoms with E-state index in [0.29, 0.717) is 6.54 Å². The molecule has 0 aliphatic rings. The number of hydrogen-bond donors (Lipinski definition) is 2. The van der Waals surface area contributed by atoms with Crippen molar-refractivity contribution in [2.45, 2.75) is 46.6 Å². The topological polar surface area (TPSA) is 72.9 Å². The molecule has 1 aromatic carbocycles. The van der Waals surface area contributed by atoms with Crippen LogP contribution in [0.25, 0.3) is 5.69 Å². The van der Waals surface area contributed by atoms with Crippen LogP contribution < -0.4 is 11.1 Å². The number of carbonyl (C=O) groups is 1. The molecule has 1 unspecified atom stereocenters. The van der Waals surface area contributed by atoms with Gasteiger partial charge in [-0.15, -0.1) is 0 Å². The first-order valence-electron chi connectivity index (χ1n) is 8.58. The third kappa shape index (κ3) is 3.51. The zero-order chi connectivity index (χ0) is 17.7. The standard InChI is InChI=1S/C19H28N4O/c1-5-19(6-2,13-20)18(24)22-14(3)16-7-9-17(10-8-16)23-12-11-21-15(23)4/h7-12,14H,5-6,13,20H2,1-4H3,(H,22,24). The molecule has 5 nitrogen and oxygen atoms in total. The van der Waals surface area contributed by atoms with Crippen molar-refractivity contribution >= 4 is 5.91 Å². The van der Waals surface area contributed by atoms with Crippen molar-refractivity contribution < 1.29 is 4.79 Å². The Hall–Kier alpha value is -2.14. The molecule has 2 aromatic rings. The minimum Gasteiger partial charge on any atom is -0.349 e. The maximum absolute atomic E-state index is 12.6. The number of amides is 1. The van der Waals surface area contributed by atoms with E-state index >= 15 is 0 Å². The number of aryl methyl sites for hydroxylation is 1. The van der Waals surface area contributed by atoms with Crippen LogP contribution >= 0.6 is 0 Å². The van der Waals surface area contributed by atoms with Gasteiger partial charge in [-0.3, -0.25) is 4.79 Å². The molecule has 1 atom stereocenters. The molecule has 2 rings (SSSR count). The maximum Gasteiger partial charge on any atom is 0.227 e. The first-order valence-corrected chi connectivity index (χ1v) is 8.58. The van der Waals surface area contributed by atoms with Crippen molar-refractivity contribution in [1.29, 1.82) is 0 Å². The Kier molecular flexibility index (Phi) is 5.78. The molecule has 5 heteroatoms. The summed E-state index contributed by atoms with van der Waals surface area (Å²) in [5.41, 5.74) is 7.53. The Bertz CT molecular complexity index is 663. The van der Waals surface area contributed by atoms with Gasteiger partial charge in [0.25, 0.3) is 0 Å². The summed E-state index contributed by atoms with van der Waals surface area (Å²) in [4.78, 5) is 16.9. The van der Waals surface area contributed by atoms with E-state index in [0.717, 1.165) is 29.9 Å². The van der Waals surface area contributed by atoms with E-state index in [-0.39, 0.29) is 11.9 Å². The Labute approximate surface area is 144 Å². The van der Waals surface area contributed by atoms with Crippen molar-refractivity contribution in [2.24, 2.45) is 11.1 Å². The minimum absolute atomic E-state index is 0.0389. The number of nitrogens with zero attached hydrogens (tertiary/aromatic N) is 2. The molecule has 24 heavy (non-hydrogen) atoms. The molecule has 0 radical (unpaired) electrons. The highest BCUT2D eigenvalue weighted by Gasteiger charge is 2.34. The molecule has 0 aliphatic carbocycles. The first kappa shape index (κ1) is 18.2. The van der Waals surface area contributed by atoms with Crippen molar-refractivity contribution in [2.75, 3.05) is 6.54 Å². The van der Waals surface area contributed by atoms with Gasteiger partial charge < -0.3 is 15.6 Å². The van der Waals surface area contributed by atoms with E-state index in [2.05, 4.69) is 10.3 Å². The lowest BCUT2D eigenvalue weighted by molar-refractivity contribution is -0.131. The van der Waals surface area contributed by atoms with Crippen molar-refractivity contribution in [3.05, 3.63) is 48.0 Å². The van der Waals surface area contributed by atoms with Gasteiger partial charge in [0.15, 0.2) is 0 Å². The lowest BCUT2D eigenvalue weighted by Gasteiger charge is -2.30. The summed E-state index contributed by atoms with van der Waals surface area (Å²) in [6.07, 6.45) is 5.22. The van der Waals surface area contributed by atoms with E-state index in [1.54, 1.807) is 6.20 Å². The summed E-state index contributed by atoms with van der Waals surface area (Å²) < 4.78 is 2.03. The van der Waals surface area contributed by atoms with Crippen molar-refractivity contribution in [3.63, 3.8) is 0 Å². The molecule has 0 spiro atoms. The third-order valence-electron chi connectivity index (χ3n) is 5.07. The van der Waals surface area contributed by atoms with Crippen LogP contribution in [0.5, 0.6) is 0 Å². The maximum atomic E-state index is 12.6. The predicted octanol–water partition coefficient (Wildman–Crippen LogP) is 3.12. The summed E-state index contributed by atoms with van der Waals surface area (Å²) in [5.74, 6) is 0.986. The number of aromatic nitrogens is 2. The lowest BCUT2D eigenvalue weighted by Crippen LogP contribution is -2.46. The van der Waals surface area contributed by atoms with Gasteiger partial charge in [-0.1, -0.05) is 26.0 Å². The van der Waals surface area contributed by atoms with Crippen LogP contribution in [0.4, 0.5) is 0 Å². The largest absolute Gasteiger partial charge is 0.349 e. The molecule has 0 saturated heterocycles. The number of hydrogen-bond acceptors (Lipinski definition) is 3. The Balaban J connectivity index is 2.12. The second-order valence-corrected chi connectivity index (χ2v) is 6.32. The van der Waals surface area contributed by atoms with Gasteiger partial charge in [0.2, 0.25) is 5.91 Å². The summed E-state index contributed by atoms with van der Waals surface area (Å²) in [7, 11) is 0. The van der Waals surface area contributed by atoms with Gasteiger partial charge in [-0.05, 0) is 44.4 Å². The molecule has 1 amide bonds. The average molecular weight is 328 g/mol. The van der Waals surface area contributed by atoms with Crippen LogP contribution in [0.1, 0.15) is 51.0 Å². The molecule has 3 N–H and O–H groups in total. The van der Waals surface area contributed by atoms with Gasteiger partial charge in [0.1, 0.15) is 5.82 Å². The molecule has 0 saturated carbocycles. The highest BCUT2D eigenvalue weighted by atomic mass is 16.2. The Morgan fingerprint density at radius 3 is 2.38 bits per heavy atom. The second kappa shape index (κ2) is 7.62. The van der Waals surface area contributed by atoms with E-state index in [1.165, 1.54) is 0 Å². The second-order valence-electron chi connectivity index (χ2n) is 6.32. The van der Waals surface area contributed by atoms with Crippen LogP contribution in [0, 0.1) is 12.3 Å². The lowest BCUT2D eigenvalue weighted by atomic mass is 9.81. The fourth-order valence-electron chi connectivity index (χ4n) is 2.96. The number of carbonyl (C=O) groups excluding carboxylic acids is 1. The summed E-state index contributed by atoms with van der Waals surface area (Å²) in [5, 5.41) is 3.12. The van der Waals surface area contributed by atoms with Gasteiger partial charge in [0.05, 0.1) is 11.5 Å². The van der Waals surface area contributed by atoms with Crippen molar-refractivity contribution in [1.82, 2.24) is 14.9 Å². The van der Waals surface area contributed by atoms with Gasteiger partial charge >= 0.3 is 0 Å². The molecule has 1 aromatic heterocycles. The normalized spacial score (nSPS) is 12.9. The number of nitrogens with one attached hydrogen (secondary N) is 1. The van der Waals surface area contributed by atoms with E-state index in [9.17, 15) is 4.79 Å². The zero-order valence-electron chi connectivity index (χ0n) is 15.0. The summed E-state index contributed by atoms with van der Waals surface area (Å²) in [6.45, 7) is 8.38. The molecular weight excluding hydrogens is 300 g/mol. The smallest absolute Gasteiger partial charge is 0.227 e. The highest BCUT2D eigenvalue weighted by Crippen LogP contribution is 2.26. The van der Waals surface area contributed by atoms with Gasteiger partial charge in [0, 0.05) is 24.6 Å². The number of benzene rings is 1. The van der Waals surface area contributed by atoms with Gasteiger partial charge in [-0.25, -0.2) is 4.98 Å². The van der Waals surface area contributed by atoms with Crippen molar-refractivity contribution in [3.8, 4) is 5.69 Å². The first-order chi connectivity index (χ1) is 11.5. The van der Waals surface area contributed by atoms with E-state index in [4.69, 9.17) is 5.73 Å². The third-order valence-corrected chi connectivity index (χ3v) is 5.07. The minimum atomic E-state index is -0.470. The zero-order valence-corrected chi connectivity index (χ0v) is 15.0. The molecular formula is C19H28N4O. The molecule has 0 bridgehead atoms. The van der Waals surface area contributed by atoms with Crippen LogP contribution in [0.15, 0.2) is 36.7 Å². The fourth-order valence-corrected chi connectivity index (χ4v) is 2.96.